The van der Waals surface area contributed by atoms with Crippen molar-refractivity contribution >= 4 is 17.9 Å². The molecule has 1 aliphatic heterocycles. The average molecular weight is 271 g/mol. The highest BCUT2D eigenvalue weighted by Gasteiger charge is 2.26. The summed E-state index contributed by atoms with van der Waals surface area (Å²) in [5.74, 6) is -1.09. The van der Waals surface area contributed by atoms with Crippen molar-refractivity contribution in [3.63, 3.8) is 0 Å². The maximum absolute atomic E-state index is 11.6. The Bertz CT molecular complexity index is 357. The van der Waals surface area contributed by atoms with Crippen molar-refractivity contribution in [3.8, 4) is 0 Å². The molecular weight excluding hydrogens is 250 g/mol. The van der Waals surface area contributed by atoms with Gasteiger partial charge in [-0.15, -0.1) is 0 Å². The molecule has 19 heavy (non-hydrogen) atoms. The van der Waals surface area contributed by atoms with Gasteiger partial charge in [-0.2, -0.15) is 0 Å². The summed E-state index contributed by atoms with van der Waals surface area (Å²) < 4.78 is 0. The fraction of sp³-hybridized carbons (Fsp3) is 0.750. The molecule has 0 bridgehead atoms. The molecule has 3 amide bonds. The smallest absolute Gasteiger partial charge is 0.321 e. The number of hydrogen-bond acceptors (Lipinski definition) is 4. The number of carboxylic acid groups (broad SMARTS) is 1. The first-order valence-corrected chi connectivity index (χ1v) is 6.41. The Balaban J connectivity index is 2.26. The van der Waals surface area contributed by atoms with Gasteiger partial charge in [0.1, 0.15) is 0 Å². The van der Waals surface area contributed by atoms with Crippen LogP contribution in [0, 0.1) is 5.92 Å². The van der Waals surface area contributed by atoms with Crippen LogP contribution in [0.2, 0.25) is 0 Å². The molecule has 1 saturated heterocycles. The van der Waals surface area contributed by atoms with Crippen LogP contribution in [0.3, 0.4) is 0 Å². The van der Waals surface area contributed by atoms with Gasteiger partial charge in [0.15, 0.2) is 0 Å². The van der Waals surface area contributed by atoms with E-state index < -0.39 is 12.0 Å². The summed E-state index contributed by atoms with van der Waals surface area (Å²) in [5, 5.41) is 13.5. The molecule has 1 heterocycles. The summed E-state index contributed by atoms with van der Waals surface area (Å²) in [6.45, 7) is 5.02. The van der Waals surface area contributed by atoms with Gasteiger partial charge in [-0.3, -0.25) is 19.8 Å². The van der Waals surface area contributed by atoms with Crippen molar-refractivity contribution in [2.24, 2.45) is 5.92 Å². The third-order valence-corrected chi connectivity index (χ3v) is 2.87. The van der Waals surface area contributed by atoms with E-state index in [1.165, 1.54) is 0 Å². The molecule has 0 saturated carbocycles. The fourth-order valence-corrected chi connectivity index (χ4v) is 2.14. The quantitative estimate of drug-likeness (QED) is 0.654. The Morgan fingerprint density at radius 3 is 2.63 bits per heavy atom. The largest absolute Gasteiger partial charge is 0.481 e. The molecule has 108 valence electrons. The maximum atomic E-state index is 11.6. The minimum Gasteiger partial charge on any atom is -0.481 e. The first kappa shape index (κ1) is 15.4. The molecule has 3 N–H and O–H groups in total. The van der Waals surface area contributed by atoms with Crippen LogP contribution in [-0.2, 0) is 9.59 Å². The molecular formula is C12H21N3O4. The van der Waals surface area contributed by atoms with E-state index in [-0.39, 0.29) is 30.8 Å². The first-order valence-electron chi connectivity index (χ1n) is 6.41. The molecule has 1 aliphatic rings. The number of carboxylic acids is 1. The van der Waals surface area contributed by atoms with E-state index in [1.54, 1.807) is 13.8 Å². The van der Waals surface area contributed by atoms with Gasteiger partial charge in [-0.25, -0.2) is 4.79 Å². The number of nitrogens with one attached hydrogen (secondary N) is 2. The minimum absolute atomic E-state index is 0.0282. The van der Waals surface area contributed by atoms with E-state index in [2.05, 4.69) is 10.6 Å². The molecule has 1 atom stereocenters. The van der Waals surface area contributed by atoms with E-state index >= 15 is 0 Å². The van der Waals surface area contributed by atoms with Crippen LogP contribution in [0.15, 0.2) is 0 Å². The zero-order valence-corrected chi connectivity index (χ0v) is 11.3. The van der Waals surface area contributed by atoms with Crippen LogP contribution in [-0.4, -0.2) is 53.6 Å². The number of likely N-dealkylation sites (tertiary alicyclic amines) is 1. The average Bonchev–Trinajstić information content (AvgIpc) is 2.62. The molecule has 0 radical (unpaired) electrons. The molecule has 0 aromatic carbocycles. The van der Waals surface area contributed by atoms with Crippen LogP contribution in [0.5, 0.6) is 0 Å². The summed E-state index contributed by atoms with van der Waals surface area (Å²) >= 11 is 0. The number of rotatable bonds is 5. The number of aliphatic carboxylic acids is 1. The van der Waals surface area contributed by atoms with Crippen molar-refractivity contribution in [1.29, 1.82) is 0 Å². The van der Waals surface area contributed by atoms with Gasteiger partial charge < -0.3 is 10.4 Å². The first-order chi connectivity index (χ1) is 8.86. The number of nitrogens with zero attached hydrogens (tertiary/aromatic N) is 1. The highest BCUT2D eigenvalue weighted by Crippen LogP contribution is 2.18. The molecule has 1 rings (SSSR count). The fourth-order valence-electron chi connectivity index (χ4n) is 2.14. The normalized spacial score (nSPS) is 19.4. The van der Waals surface area contributed by atoms with Gasteiger partial charge >= 0.3 is 12.0 Å². The molecule has 0 aromatic heterocycles. The Kier molecular flexibility index (Phi) is 5.75. The molecule has 7 nitrogen and oxygen atoms in total. The van der Waals surface area contributed by atoms with E-state index in [9.17, 15) is 14.4 Å². The lowest BCUT2D eigenvalue weighted by Gasteiger charge is -2.15. The summed E-state index contributed by atoms with van der Waals surface area (Å²) in [4.78, 5) is 35.3. The molecule has 0 aliphatic carbocycles. The second kappa shape index (κ2) is 7.08. The number of urea groups is 1. The van der Waals surface area contributed by atoms with E-state index in [4.69, 9.17) is 5.11 Å². The second-order valence-corrected chi connectivity index (χ2v) is 5.16. The van der Waals surface area contributed by atoms with Gasteiger partial charge in [0.25, 0.3) is 0 Å². The van der Waals surface area contributed by atoms with Crippen LogP contribution in [0.25, 0.3) is 0 Å². The Morgan fingerprint density at radius 1 is 1.37 bits per heavy atom. The lowest BCUT2D eigenvalue weighted by molar-refractivity contribution is -0.138. The van der Waals surface area contributed by atoms with E-state index in [0.29, 0.717) is 13.1 Å². The van der Waals surface area contributed by atoms with Gasteiger partial charge in [0.2, 0.25) is 5.91 Å². The summed E-state index contributed by atoms with van der Waals surface area (Å²) in [6, 6.07) is -0.527. The van der Waals surface area contributed by atoms with E-state index in [1.807, 2.05) is 4.90 Å². The Labute approximate surface area is 112 Å². The molecule has 1 fully saturated rings. The lowest BCUT2D eigenvalue weighted by Crippen LogP contribution is -2.46. The predicted octanol–water partition coefficient (Wildman–Crippen LogP) is 0.0172. The van der Waals surface area contributed by atoms with Gasteiger partial charge in [0, 0.05) is 19.0 Å². The molecule has 0 aromatic rings. The second-order valence-electron chi connectivity index (χ2n) is 5.16. The van der Waals surface area contributed by atoms with Crippen LogP contribution in [0.4, 0.5) is 4.79 Å². The van der Waals surface area contributed by atoms with Gasteiger partial charge in [-0.05, 0) is 32.7 Å². The van der Waals surface area contributed by atoms with Crippen LogP contribution in [0.1, 0.15) is 26.7 Å². The summed E-state index contributed by atoms with van der Waals surface area (Å²) in [7, 11) is 0. The maximum Gasteiger partial charge on any atom is 0.321 e. The van der Waals surface area contributed by atoms with E-state index in [0.717, 1.165) is 6.42 Å². The zero-order chi connectivity index (χ0) is 14.4. The van der Waals surface area contributed by atoms with Crippen molar-refractivity contribution in [3.05, 3.63) is 0 Å². The Morgan fingerprint density at radius 2 is 2.05 bits per heavy atom. The van der Waals surface area contributed by atoms with Gasteiger partial charge in [0.05, 0.1) is 6.54 Å². The number of imide groups is 1. The zero-order valence-electron chi connectivity index (χ0n) is 11.3. The number of carbonyl (C=O) groups excluding carboxylic acids is 2. The third-order valence-electron chi connectivity index (χ3n) is 2.87. The number of hydrogen-bond donors (Lipinski definition) is 3. The van der Waals surface area contributed by atoms with Crippen LogP contribution >= 0.6 is 0 Å². The van der Waals surface area contributed by atoms with Crippen molar-refractivity contribution < 1.29 is 19.5 Å². The van der Waals surface area contributed by atoms with Crippen molar-refractivity contribution in [2.75, 3.05) is 19.6 Å². The monoisotopic (exact) mass is 271 g/mol. The lowest BCUT2D eigenvalue weighted by atomic mass is 10.1. The molecule has 1 unspecified atom stereocenters. The van der Waals surface area contributed by atoms with Crippen LogP contribution < -0.4 is 10.6 Å². The Hall–Kier alpha value is -1.63. The number of carbonyl (C=O) groups is 3. The third kappa shape index (κ3) is 6.19. The highest BCUT2D eigenvalue weighted by atomic mass is 16.4. The SMILES string of the molecule is CC(C)NC(=O)NC(=O)CN1CCC(CC(=O)O)C1. The summed E-state index contributed by atoms with van der Waals surface area (Å²) in [5.41, 5.74) is 0. The number of amides is 3. The summed E-state index contributed by atoms with van der Waals surface area (Å²) in [6.07, 6.45) is 0.906. The standard InChI is InChI=1S/C12H21N3O4/c1-8(2)13-12(19)14-10(16)7-15-4-3-9(6-15)5-11(17)18/h8-9H,3-7H2,1-2H3,(H,17,18)(H2,13,14,16,19). The molecule has 7 heteroatoms. The van der Waals surface area contributed by atoms with Crippen molar-refractivity contribution in [1.82, 2.24) is 15.5 Å². The van der Waals surface area contributed by atoms with Gasteiger partial charge in [-0.1, -0.05) is 0 Å². The highest BCUT2D eigenvalue weighted by molar-refractivity contribution is 5.95. The minimum atomic E-state index is -0.812. The van der Waals surface area contributed by atoms with Crippen molar-refractivity contribution in [2.45, 2.75) is 32.7 Å². The molecule has 0 spiro atoms. The topological polar surface area (TPSA) is 98.7 Å². The predicted molar refractivity (Wildman–Crippen MR) is 68.6 cm³/mol.